The fourth-order valence-corrected chi connectivity index (χ4v) is 3.15. The lowest BCUT2D eigenvalue weighted by atomic mass is 10.1. The number of halogens is 1. The number of alkyl halides is 1. The summed E-state index contributed by atoms with van der Waals surface area (Å²) in [4.78, 5) is 14.0. The predicted octanol–water partition coefficient (Wildman–Crippen LogP) is 0.884. The van der Waals surface area contributed by atoms with E-state index in [9.17, 15) is 9.18 Å². The number of hydrogen-bond donors (Lipinski definition) is 1. The summed E-state index contributed by atoms with van der Waals surface area (Å²) in [5.74, 6) is 0.485. The molecule has 0 aromatic heterocycles. The highest BCUT2D eigenvalue weighted by Gasteiger charge is 2.28. The minimum atomic E-state index is -0.450. The molecule has 2 atom stereocenters. The van der Waals surface area contributed by atoms with Crippen LogP contribution in [-0.4, -0.2) is 58.8 Å². The number of carbonyl (C=O) groups is 1. The Hall–Kier alpha value is -0.623. The predicted molar refractivity (Wildman–Crippen MR) is 78.2 cm³/mol. The number of likely N-dealkylation sites (tertiary alicyclic amines) is 1. The Bertz CT molecular complexity index is 297. The van der Waals surface area contributed by atoms with Gasteiger partial charge in [-0.25, -0.2) is 4.79 Å². The van der Waals surface area contributed by atoms with Crippen LogP contribution in [0.25, 0.3) is 0 Å². The lowest BCUT2D eigenvalue weighted by Gasteiger charge is -2.25. The van der Waals surface area contributed by atoms with Crippen molar-refractivity contribution in [2.24, 2.45) is 5.92 Å². The van der Waals surface area contributed by atoms with Gasteiger partial charge in [0.15, 0.2) is 0 Å². The number of carbonyl (C=O) groups excluding carboxylic acids is 1. The zero-order valence-corrected chi connectivity index (χ0v) is 14.5. The third-order valence-corrected chi connectivity index (χ3v) is 4.60. The molecule has 1 heterocycles. The monoisotopic (exact) mass is 290 g/mol. The lowest BCUT2D eigenvalue weighted by Crippen LogP contribution is -2.44. The van der Waals surface area contributed by atoms with Crippen molar-refractivity contribution in [1.29, 1.82) is 0 Å². The summed E-state index contributed by atoms with van der Waals surface area (Å²) in [6, 6.07) is 0. The molecule has 1 rings (SSSR count). The van der Waals surface area contributed by atoms with E-state index in [0.29, 0.717) is 12.3 Å². The maximum atomic E-state index is 12.1. The fraction of sp³-hybridized carbons (Fsp3) is 0.923. The molecule has 19 heavy (non-hydrogen) atoms. The minimum Gasteiger partial charge on any atom is -0.444 e. The van der Waals surface area contributed by atoms with Gasteiger partial charge in [-0.05, 0) is 46.1 Å². The molecule has 1 saturated heterocycles. The number of nitrogens with one attached hydrogen (secondary N) is 1. The quantitative estimate of drug-likeness (QED) is 0.765. The molecule has 0 bridgehead atoms. The van der Waals surface area contributed by atoms with Gasteiger partial charge in [-0.15, -0.1) is 0 Å². The largest absolute Gasteiger partial charge is 0.444 e. The SMILES string of the molecule is CC(C)(C)OC(=O)N[C@@H]([SiH3])C1CCN(CCCF)C1. The molecule has 0 saturated carbocycles. The number of amides is 1. The zero-order chi connectivity index (χ0) is 14.5. The van der Waals surface area contributed by atoms with Gasteiger partial charge in [-0.1, -0.05) is 0 Å². The molecule has 6 heteroatoms. The summed E-state index contributed by atoms with van der Waals surface area (Å²) >= 11 is 0. The Balaban J connectivity index is 2.31. The van der Waals surface area contributed by atoms with Crippen LogP contribution in [-0.2, 0) is 4.74 Å². The van der Waals surface area contributed by atoms with Crippen LogP contribution in [0.1, 0.15) is 33.6 Å². The molecule has 0 spiro atoms. The van der Waals surface area contributed by atoms with E-state index in [4.69, 9.17) is 4.74 Å². The molecule has 112 valence electrons. The molecule has 0 aliphatic carbocycles. The third-order valence-electron chi connectivity index (χ3n) is 3.37. The van der Waals surface area contributed by atoms with Crippen molar-refractivity contribution >= 4 is 16.3 Å². The van der Waals surface area contributed by atoms with Crippen molar-refractivity contribution in [3.63, 3.8) is 0 Å². The summed E-state index contributed by atoms with van der Waals surface area (Å²) in [5, 5.41) is 2.95. The van der Waals surface area contributed by atoms with E-state index in [1.54, 1.807) is 0 Å². The highest BCUT2D eigenvalue weighted by atomic mass is 28.1. The van der Waals surface area contributed by atoms with E-state index >= 15 is 0 Å². The highest BCUT2D eigenvalue weighted by Crippen LogP contribution is 2.19. The molecule has 1 N–H and O–H groups in total. The van der Waals surface area contributed by atoms with Crippen molar-refractivity contribution in [2.75, 3.05) is 26.3 Å². The average molecular weight is 290 g/mol. The van der Waals surface area contributed by atoms with Crippen molar-refractivity contribution in [1.82, 2.24) is 10.2 Å². The molecule has 1 unspecified atom stereocenters. The first-order valence-corrected chi connectivity index (χ1v) is 8.25. The topological polar surface area (TPSA) is 41.6 Å². The number of rotatable bonds is 5. The van der Waals surface area contributed by atoms with Crippen LogP contribution in [0, 0.1) is 5.92 Å². The second kappa shape index (κ2) is 7.24. The van der Waals surface area contributed by atoms with Gasteiger partial charge in [0.2, 0.25) is 0 Å². The fourth-order valence-electron chi connectivity index (χ4n) is 2.37. The smallest absolute Gasteiger partial charge is 0.407 e. The normalized spacial score (nSPS) is 22.4. The molecule has 0 radical (unpaired) electrons. The first-order chi connectivity index (χ1) is 8.81. The first-order valence-electron chi connectivity index (χ1n) is 7.09. The van der Waals surface area contributed by atoms with Crippen LogP contribution >= 0.6 is 0 Å². The van der Waals surface area contributed by atoms with Crippen LogP contribution < -0.4 is 5.32 Å². The standard InChI is InChI=1S/C13H27FN2O2Si/c1-13(2,3)18-12(17)15-11(19)10-5-8-16(9-10)7-4-6-14/h10-11H,4-9H2,1-3,19H3,(H,15,17)/t10?,11-/m0/s1. The number of ether oxygens (including phenoxy) is 1. The van der Waals surface area contributed by atoms with Crippen molar-refractivity contribution in [2.45, 2.75) is 44.9 Å². The van der Waals surface area contributed by atoms with Gasteiger partial charge < -0.3 is 15.0 Å². The maximum Gasteiger partial charge on any atom is 0.407 e. The molecule has 0 aromatic rings. The highest BCUT2D eigenvalue weighted by molar-refractivity contribution is 6.13. The van der Waals surface area contributed by atoms with Crippen LogP contribution in [0.2, 0.25) is 0 Å². The molecule has 0 aromatic carbocycles. The van der Waals surface area contributed by atoms with Crippen molar-refractivity contribution in [3.8, 4) is 0 Å². The van der Waals surface area contributed by atoms with Crippen LogP contribution in [0.4, 0.5) is 9.18 Å². The zero-order valence-electron chi connectivity index (χ0n) is 12.5. The Morgan fingerprint density at radius 1 is 1.58 bits per heavy atom. The van der Waals surface area contributed by atoms with Crippen LogP contribution in [0.3, 0.4) is 0 Å². The molecule has 1 aliphatic rings. The Kier molecular flexibility index (Phi) is 6.26. The summed E-state index contributed by atoms with van der Waals surface area (Å²) < 4.78 is 17.4. The number of hydrogen-bond acceptors (Lipinski definition) is 3. The minimum absolute atomic E-state index is 0.227. The molecule has 1 amide bonds. The van der Waals surface area contributed by atoms with E-state index in [1.807, 2.05) is 20.8 Å². The van der Waals surface area contributed by atoms with Gasteiger partial charge >= 0.3 is 6.09 Å². The van der Waals surface area contributed by atoms with E-state index in [-0.39, 0.29) is 18.4 Å². The van der Waals surface area contributed by atoms with Gasteiger partial charge in [-0.2, -0.15) is 0 Å². The first kappa shape index (κ1) is 16.4. The summed E-state index contributed by atoms with van der Waals surface area (Å²) in [5.41, 5.74) is -0.223. The Labute approximate surface area is 118 Å². The summed E-state index contributed by atoms with van der Waals surface area (Å²) in [6.45, 7) is 8.15. The second-order valence-corrected chi connectivity index (χ2v) is 7.57. The van der Waals surface area contributed by atoms with Gasteiger partial charge in [-0.3, -0.25) is 4.39 Å². The van der Waals surface area contributed by atoms with Gasteiger partial charge in [0, 0.05) is 29.0 Å². The number of nitrogens with zero attached hydrogens (tertiary/aromatic N) is 1. The molecular weight excluding hydrogens is 263 g/mol. The molecule has 4 nitrogen and oxygen atoms in total. The maximum absolute atomic E-state index is 12.1. The lowest BCUT2D eigenvalue weighted by molar-refractivity contribution is 0.0509. The molecule has 1 aliphatic heterocycles. The van der Waals surface area contributed by atoms with E-state index in [0.717, 1.165) is 36.3 Å². The molecule has 1 fully saturated rings. The van der Waals surface area contributed by atoms with E-state index in [1.165, 1.54) is 0 Å². The van der Waals surface area contributed by atoms with E-state index in [2.05, 4.69) is 10.2 Å². The Morgan fingerprint density at radius 2 is 2.26 bits per heavy atom. The third kappa shape index (κ3) is 6.38. The van der Waals surface area contributed by atoms with Gasteiger partial charge in [0.1, 0.15) is 5.60 Å². The number of alkyl carbamates (subject to hydrolysis) is 1. The molecular formula is C13H27FN2O2Si. The van der Waals surface area contributed by atoms with Gasteiger partial charge in [0.05, 0.1) is 6.67 Å². The van der Waals surface area contributed by atoms with Crippen LogP contribution in [0.5, 0.6) is 0 Å². The summed E-state index contributed by atoms with van der Waals surface area (Å²) in [6.07, 6.45) is 1.36. The van der Waals surface area contributed by atoms with Gasteiger partial charge in [0.25, 0.3) is 0 Å². The van der Waals surface area contributed by atoms with E-state index < -0.39 is 5.60 Å². The summed E-state index contributed by atoms with van der Waals surface area (Å²) in [7, 11) is 0.904. The van der Waals surface area contributed by atoms with Crippen LogP contribution in [0.15, 0.2) is 0 Å². The Morgan fingerprint density at radius 3 is 2.84 bits per heavy atom. The van der Waals surface area contributed by atoms with Crippen molar-refractivity contribution in [3.05, 3.63) is 0 Å². The average Bonchev–Trinajstić information content (AvgIpc) is 2.72. The second-order valence-electron chi connectivity index (χ2n) is 6.33. The van der Waals surface area contributed by atoms with Crippen molar-refractivity contribution < 1.29 is 13.9 Å².